The third-order valence-electron chi connectivity index (χ3n) is 7.09. The molecule has 0 radical (unpaired) electrons. The van der Waals surface area contributed by atoms with Gasteiger partial charge in [0, 0.05) is 17.7 Å². The number of fused-ring (bicyclic) bond motifs is 3. The highest BCUT2D eigenvalue weighted by atomic mass is 32.3. The predicted molar refractivity (Wildman–Crippen MR) is 142 cm³/mol. The quantitative estimate of drug-likeness (QED) is 0.369. The average Bonchev–Trinajstić information content (AvgIpc) is 3.36. The van der Waals surface area contributed by atoms with Gasteiger partial charge in [0.1, 0.15) is 33.8 Å². The number of amidine groups is 1. The van der Waals surface area contributed by atoms with E-state index in [4.69, 9.17) is 24.6 Å². The minimum Gasteiger partial charge on any atom is -0.490 e. The fraction of sp³-hybridized carbons (Fsp3) is 0.400. The third kappa shape index (κ3) is 4.36. The van der Waals surface area contributed by atoms with Gasteiger partial charge in [-0.15, -0.1) is 0 Å². The predicted octanol–water partition coefficient (Wildman–Crippen LogP) is 3.95. The molecule has 2 aliphatic heterocycles. The number of carbonyl (C=O) groups is 1. The summed E-state index contributed by atoms with van der Waals surface area (Å²) in [4.78, 5) is 29.9. The monoisotopic (exact) mass is 542 g/mol. The maximum absolute atomic E-state index is 12.9. The molecule has 3 aromatic rings. The van der Waals surface area contributed by atoms with Gasteiger partial charge in [-0.25, -0.2) is 15.0 Å². The highest BCUT2D eigenvalue weighted by Gasteiger charge is 2.58. The summed E-state index contributed by atoms with van der Waals surface area (Å²) in [5.74, 6) is 0.814. The van der Waals surface area contributed by atoms with Crippen LogP contribution in [0.25, 0.3) is 0 Å². The molecule has 0 saturated heterocycles. The lowest BCUT2D eigenvalue weighted by Crippen LogP contribution is -2.57. The van der Waals surface area contributed by atoms with Crippen LogP contribution in [-0.4, -0.2) is 51.9 Å². The molecule has 202 valence electrons. The number of aliphatic imine (C=N–C) groups is 1. The van der Waals surface area contributed by atoms with Gasteiger partial charge >= 0.3 is 0 Å². The van der Waals surface area contributed by atoms with Crippen LogP contribution < -0.4 is 20.5 Å². The minimum atomic E-state index is -3.23. The van der Waals surface area contributed by atoms with Crippen LogP contribution in [-0.2, 0) is 12.1 Å². The summed E-state index contributed by atoms with van der Waals surface area (Å²) in [6, 6.07) is 5.16. The Labute approximate surface area is 221 Å². The zero-order valence-electron chi connectivity index (χ0n) is 21.4. The fourth-order valence-electron chi connectivity index (χ4n) is 4.72. The van der Waals surface area contributed by atoms with Gasteiger partial charge in [-0.05, 0) is 45.9 Å². The summed E-state index contributed by atoms with van der Waals surface area (Å²) in [5.41, 5.74) is 6.33. The molecule has 0 spiro atoms. The number of benzene rings is 1. The van der Waals surface area contributed by atoms with E-state index in [1.165, 1.54) is 24.9 Å². The summed E-state index contributed by atoms with van der Waals surface area (Å²) < 4.78 is 38.4. The Morgan fingerprint density at radius 1 is 1.24 bits per heavy atom. The van der Waals surface area contributed by atoms with Crippen molar-refractivity contribution in [1.82, 2.24) is 15.0 Å². The van der Waals surface area contributed by atoms with Crippen molar-refractivity contribution >= 4 is 28.0 Å². The Hall–Kier alpha value is -3.68. The fourth-order valence-corrected chi connectivity index (χ4v) is 7.14. The molecule has 4 heterocycles. The first-order chi connectivity index (χ1) is 17.9. The summed E-state index contributed by atoms with van der Waals surface area (Å²) in [5, 5.41) is 2.17. The molecule has 0 fully saturated rings. The third-order valence-corrected chi connectivity index (χ3v) is 10.2. The van der Waals surface area contributed by atoms with Gasteiger partial charge in [0.2, 0.25) is 11.8 Å². The molecule has 38 heavy (non-hydrogen) atoms. The standard InChI is InChI=1S/C25H30N6O6S/c1-14-9-19-25(4,31-23(26)24(2,3)38(19,33)34)16-10-15(5-6-18(16)37-14)30-22(32)17-11-29-20(12-28-17)36-13-21-27-7-8-35-21/h5-8,10-12,14,19,33-34H,9,13H2,1-4H3,(H2,26,31)(H,30,32)/t14-,19+,25+/m0/s1. The van der Waals surface area contributed by atoms with E-state index in [0.717, 1.165) is 0 Å². The Balaban J connectivity index is 1.40. The van der Waals surface area contributed by atoms with Crippen LogP contribution in [0.3, 0.4) is 0 Å². The lowest BCUT2D eigenvalue weighted by atomic mass is 9.85. The van der Waals surface area contributed by atoms with Crippen molar-refractivity contribution < 1.29 is 27.8 Å². The van der Waals surface area contributed by atoms with Crippen LogP contribution in [0.5, 0.6) is 11.6 Å². The molecular weight excluding hydrogens is 512 g/mol. The number of aromatic nitrogens is 3. The van der Waals surface area contributed by atoms with E-state index in [0.29, 0.717) is 29.3 Å². The van der Waals surface area contributed by atoms with Crippen molar-refractivity contribution in [3.63, 3.8) is 0 Å². The minimum absolute atomic E-state index is 0.0771. The topological polar surface area (TPSA) is 178 Å². The van der Waals surface area contributed by atoms with Crippen LogP contribution in [0.1, 0.15) is 56.1 Å². The Bertz CT molecular complexity index is 1380. The van der Waals surface area contributed by atoms with Gasteiger partial charge in [0.25, 0.3) is 5.91 Å². The van der Waals surface area contributed by atoms with Crippen molar-refractivity contribution in [3.05, 3.63) is 60.2 Å². The number of nitrogens with zero attached hydrogens (tertiary/aromatic N) is 4. The second kappa shape index (κ2) is 9.26. The summed E-state index contributed by atoms with van der Waals surface area (Å²) in [6.45, 7) is 7.17. The number of nitrogens with two attached hydrogens (primary N) is 1. The number of nitrogens with one attached hydrogen (secondary N) is 1. The molecule has 0 unspecified atom stereocenters. The number of amides is 1. The number of ether oxygens (including phenoxy) is 2. The van der Waals surface area contributed by atoms with E-state index in [1.54, 1.807) is 32.0 Å². The second-order valence-corrected chi connectivity index (χ2v) is 12.8. The van der Waals surface area contributed by atoms with Crippen LogP contribution in [0.15, 0.2) is 52.5 Å². The number of anilines is 1. The van der Waals surface area contributed by atoms with Crippen LogP contribution in [0.2, 0.25) is 0 Å². The molecule has 1 aromatic carbocycles. The SMILES string of the molecule is C[C@H]1C[C@@H]2[C@](C)(N=C(N)C(C)(C)S2(O)O)c2cc(NC(=O)c3cnc(OCc4ncco4)cn3)ccc2O1. The van der Waals surface area contributed by atoms with Crippen LogP contribution >= 0.6 is 10.6 Å². The molecule has 3 atom stereocenters. The van der Waals surface area contributed by atoms with Crippen LogP contribution in [0.4, 0.5) is 5.69 Å². The molecule has 5 rings (SSSR count). The zero-order chi connectivity index (χ0) is 27.3. The van der Waals surface area contributed by atoms with Gasteiger partial charge in [-0.2, -0.15) is 10.6 Å². The lowest BCUT2D eigenvalue weighted by molar-refractivity contribution is 0.102. The normalized spacial score (nSPS) is 26.0. The molecule has 0 saturated carbocycles. The van der Waals surface area contributed by atoms with E-state index in [1.807, 2.05) is 13.8 Å². The molecule has 2 aromatic heterocycles. The van der Waals surface area contributed by atoms with Gasteiger partial charge < -0.3 is 24.9 Å². The molecule has 12 nitrogen and oxygen atoms in total. The molecule has 2 aliphatic rings. The maximum atomic E-state index is 12.9. The highest BCUT2D eigenvalue weighted by Crippen LogP contribution is 2.66. The highest BCUT2D eigenvalue weighted by molar-refractivity contribution is 8.26. The summed E-state index contributed by atoms with van der Waals surface area (Å²) in [6.07, 6.45) is 5.66. The van der Waals surface area contributed by atoms with E-state index in [-0.39, 0.29) is 30.1 Å². The lowest BCUT2D eigenvalue weighted by Gasteiger charge is -2.58. The first-order valence-corrected chi connectivity index (χ1v) is 13.6. The van der Waals surface area contributed by atoms with E-state index < -0.39 is 32.0 Å². The van der Waals surface area contributed by atoms with Gasteiger partial charge in [-0.3, -0.25) is 18.9 Å². The second-order valence-electron chi connectivity index (χ2n) is 10.0. The number of hydrogen-bond acceptors (Lipinski definition) is 11. The van der Waals surface area contributed by atoms with E-state index in [2.05, 4.69) is 20.3 Å². The molecule has 5 N–H and O–H groups in total. The van der Waals surface area contributed by atoms with Gasteiger partial charge in [-0.1, -0.05) is 0 Å². The largest absolute Gasteiger partial charge is 0.490 e. The van der Waals surface area contributed by atoms with Crippen LogP contribution in [0, 0.1) is 0 Å². The molecule has 0 bridgehead atoms. The number of carbonyl (C=O) groups excluding carboxylic acids is 1. The van der Waals surface area contributed by atoms with Crippen molar-refractivity contribution in [2.24, 2.45) is 10.7 Å². The number of hydrogen-bond donors (Lipinski definition) is 4. The maximum Gasteiger partial charge on any atom is 0.275 e. The van der Waals surface area contributed by atoms with Crippen molar-refractivity contribution in [2.75, 3.05) is 5.32 Å². The zero-order valence-corrected chi connectivity index (χ0v) is 22.2. The first-order valence-electron chi connectivity index (χ1n) is 12.0. The molecule has 0 aliphatic carbocycles. The molecule has 13 heteroatoms. The van der Waals surface area contributed by atoms with Crippen molar-refractivity contribution in [3.8, 4) is 11.6 Å². The number of oxazole rings is 1. The Morgan fingerprint density at radius 2 is 2.03 bits per heavy atom. The smallest absolute Gasteiger partial charge is 0.275 e. The summed E-state index contributed by atoms with van der Waals surface area (Å²) >= 11 is 0. The average molecular weight is 543 g/mol. The van der Waals surface area contributed by atoms with E-state index >= 15 is 0 Å². The Kier molecular flexibility index (Phi) is 6.32. The van der Waals surface area contributed by atoms with Gasteiger partial charge in [0.05, 0.1) is 29.9 Å². The molecular formula is C25H30N6O6S. The number of rotatable bonds is 5. The van der Waals surface area contributed by atoms with Crippen molar-refractivity contribution in [2.45, 2.75) is 62.4 Å². The Morgan fingerprint density at radius 3 is 2.71 bits per heavy atom. The summed E-state index contributed by atoms with van der Waals surface area (Å²) in [7, 11) is -3.23. The van der Waals surface area contributed by atoms with E-state index in [9.17, 15) is 13.9 Å². The van der Waals surface area contributed by atoms with Crippen molar-refractivity contribution in [1.29, 1.82) is 0 Å². The first kappa shape index (κ1) is 25.9. The molecule has 1 amide bonds. The van der Waals surface area contributed by atoms with Gasteiger partial charge in [0.15, 0.2) is 6.61 Å².